The number of alkyl halides is 6. The van der Waals surface area contributed by atoms with Gasteiger partial charge in [0.1, 0.15) is 0 Å². The predicted octanol–water partition coefficient (Wildman–Crippen LogP) is 4.18. The summed E-state index contributed by atoms with van der Waals surface area (Å²) in [5.74, 6) is -3.91. The molecule has 1 aromatic rings. The van der Waals surface area contributed by atoms with Gasteiger partial charge in [0, 0.05) is 44.1 Å². The summed E-state index contributed by atoms with van der Waals surface area (Å²) in [5.41, 5.74) is 1.95. The minimum atomic E-state index is -5.08. The maximum atomic E-state index is 10.6. The van der Waals surface area contributed by atoms with Crippen molar-refractivity contribution in [3.8, 4) is 0 Å². The van der Waals surface area contributed by atoms with E-state index >= 15 is 0 Å². The van der Waals surface area contributed by atoms with Gasteiger partial charge in [-0.2, -0.15) is 26.3 Å². The van der Waals surface area contributed by atoms with Crippen molar-refractivity contribution in [1.29, 1.82) is 0 Å². The van der Waals surface area contributed by atoms with Crippen LogP contribution in [-0.4, -0.2) is 97.3 Å². The molecule has 0 amide bonds. The van der Waals surface area contributed by atoms with Crippen LogP contribution in [0.2, 0.25) is 0 Å². The second-order valence-corrected chi connectivity index (χ2v) is 10.1. The zero-order valence-electron chi connectivity index (χ0n) is 21.1. The van der Waals surface area contributed by atoms with Gasteiger partial charge in [-0.1, -0.05) is 30.3 Å². The fraction of sp³-hybridized carbons (Fsp3) is 0.680. The predicted molar refractivity (Wildman–Crippen MR) is 126 cm³/mol. The van der Waals surface area contributed by atoms with Crippen molar-refractivity contribution in [2.45, 2.75) is 38.0 Å². The van der Waals surface area contributed by atoms with Crippen molar-refractivity contribution in [3.05, 3.63) is 35.9 Å². The third kappa shape index (κ3) is 10.8. The largest absolute Gasteiger partial charge is 0.490 e. The lowest BCUT2D eigenvalue weighted by molar-refractivity contribution is -0.193. The molecule has 13 heteroatoms. The third-order valence-electron chi connectivity index (χ3n) is 6.86. The summed E-state index contributed by atoms with van der Waals surface area (Å²) in [7, 11) is 2.29. The molecule has 1 aliphatic carbocycles. The second-order valence-electron chi connectivity index (χ2n) is 10.1. The molecule has 0 bridgehead atoms. The van der Waals surface area contributed by atoms with Crippen molar-refractivity contribution >= 4 is 11.9 Å². The Morgan fingerprint density at radius 1 is 0.974 bits per heavy atom. The van der Waals surface area contributed by atoms with Crippen LogP contribution in [0, 0.1) is 17.3 Å². The van der Waals surface area contributed by atoms with Gasteiger partial charge in [0.15, 0.2) is 0 Å². The number of halogens is 6. The van der Waals surface area contributed by atoms with E-state index < -0.39 is 24.3 Å². The first-order valence-electron chi connectivity index (χ1n) is 12.2. The Kier molecular flexibility index (Phi) is 11.4. The van der Waals surface area contributed by atoms with Gasteiger partial charge in [-0.3, -0.25) is 0 Å². The highest BCUT2D eigenvalue weighted by Crippen LogP contribution is 2.43. The molecule has 2 atom stereocenters. The van der Waals surface area contributed by atoms with E-state index in [4.69, 9.17) is 24.5 Å². The molecule has 1 aromatic carbocycles. The molecule has 7 nitrogen and oxygen atoms in total. The first kappa shape index (κ1) is 31.8. The Morgan fingerprint density at radius 2 is 1.53 bits per heavy atom. The van der Waals surface area contributed by atoms with Crippen molar-refractivity contribution in [2.75, 3.05) is 53.0 Å². The van der Waals surface area contributed by atoms with E-state index in [1.807, 2.05) is 0 Å². The first-order valence-corrected chi connectivity index (χ1v) is 12.2. The maximum absolute atomic E-state index is 10.6. The van der Waals surface area contributed by atoms with Crippen LogP contribution in [0.3, 0.4) is 0 Å². The molecule has 0 unspecified atom stereocenters. The number of hydrogen-bond acceptors (Lipinski definition) is 5. The minimum Gasteiger partial charge on any atom is -0.475 e. The van der Waals surface area contributed by atoms with E-state index in [2.05, 4.69) is 47.2 Å². The maximum Gasteiger partial charge on any atom is 0.490 e. The van der Waals surface area contributed by atoms with E-state index in [1.54, 1.807) is 0 Å². The van der Waals surface area contributed by atoms with Gasteiger partial charge >= 0.3 is 24.3 Å². The standard InChI is InChI=1S/C21H32N2O.2C2HF3O2/c1-22-13-20(15-24-14-19-7-8-19)21(16-22)10-12-23(17-21)11-9-18-5-3-2-4-6-18;2*3-2(4,5)1(6)7/h2-6,19-20H,7-17H2,1H3;2*(H,6,7)/t20-,21+;;/m0../s1. The highest BCUT2D eigenvalue weighted by atomic mass is 19.4. The number of carboxylic acids is 2. The average molecular weight is 557 g/mol. The van der Waals surface area contributed by atoms with Crippen molar-refractivity contribution in [1.82, 2.24) is 9.80 Å². The molecule has 2 N–H and O–H groups in total. The second kappa shape index (κ2) is 13.6. The molecular weight excluding hydrogens is 522 g/mol. The monoisotopic (exact) mass is 556 g/mol. The summed E-state index contributed by atoms with van der Waals surface area (Å²) in [4.78, 5) is 23.0. The summed E-state index contributed by atoms with van der Waals surface area (Å²) < 4.78 is 69.6. The van der Waals surface area contributed by atoms with E-state index in [1.165, 1.54) is 64.0 Å². The summed E-state index contributed by atoms with van der Waals surface area (Å²) in [6.07, 6.45) is -4.86. The molecule has 2 saturated heterocycles. The van der Waals surface area contributed by atoms with Crippen molar-refractivity contribution in [3.63, 3.8) is 0 Å². The molecule has 3 fully saturated rings. The van der Waals surface area contributed by atoms with Crippen LogP contribution in [0.5, 0.6) is 0 Å². The summed E-state index contributed by atoms with van der Waals surface area (Å²) in [5, 5.41) is 14.2. The number of hydrogen-bond donors (Lipinski definition) is 2. The fourth-order valence-electron chi connectivity index (χ4n) is 4.76. The van der Waals surface area contributed by atoms with Gasteiger partial charge in [-0.05, 0) is 50.8 Å². The Balaban J connectivity index is 0.000000301. The molecule has 0 aromatic heterocycles. The quantitative estimate of drug-likeness (QED) is 0.487. The number of ether oxygens (including phenoxy) is 1. The fourth-order valence-corrected chi connectivity index (χ4v) is 4.76. The summed E-state index contributed by atoms with van der Waals surface area (Å²) >= 11 is 0. The molecule has 0 radical (unpaired) electrons. The van der Waals surface area contributed by atoms with Crippen LogP contribution in [0.15, 0.2) is 30.3 Å². The summed E-state index contributed by atoms with van der Waals surface area (Å²) in [6, 6.07) is 10.9. The smallest absolute Gasteiger partial charge is 0.475 e. The van der Waals surface area contributed by atoms with Gasteiger partial charge in [0.05, 0.1) is 6.61 Å². The van der Waals surface area contributed by atoms with Crippen LogP contribution < -0.4 is 0 Å². The number of benzene rings is 1. The average Bonchev–Trinajstić information content (AvgIpc) is 3.47. The molecular formula is C25H34F6N2O5. The van der Waals surface area contributed by atoms with Crippen LogP contribution in [-0.2, 0) is 20.7 Å². The lowest BCUT2D eigenvalue weighted by Crippen LogP contribution is -2.36. The Morgan fingerprint density at radius 3 is 2.03 bits per heavy atom. The Labute approximate surface area is 217 Å². The first-order chi connectivity index (χ1) is 17.6. The normalized spacial score (nSPS) is 23.9. The molecule has 216 valence electrons. The number of rotatable bonds is 7. The molecule has 4 rings (SSSR count). The van der Waals surface area contributed by atoms with E-state index in [9.17, 15) is 26.3 Å². The zero-order valence-corrected chi connectivity index (χ0v) is 21.1. The Bertz CT molecular complexity index is 870. The van der Waals surface area contributed by atoms with Crippen molar-refractivity contribution in [2.24, 2.45) is 17.3 Å². The lowest BCUT2D eigenvalue weighted by atomic mass is 9.77. The topological polar surface area (TPSA) is 90.3 Å². The molecule has 38 heavy (non-hydrogen) atoms. The van der Waals surface area contributed by atoms with Crippen LogP contribution in [0.25, 0.3) is 0 Å². The molecule has 3 aliphatic rings. The van der Waals surface area contributed by atoms with E-state index in [-0.39, 0.29) is 0 Å². The molecule has 1 spiro atoms. The third-order valence-corrected chi connectivity index (χ3v) is 6.86. The van der Waals surface area contributed by atoms with E-state index in [0.717, 1.165) is 25.0 Å². The lowest BCUT2D eigenvalue weighted by Gasteiger charge is -2.30. The van der Waals surface area contributed by atoms with Gasteiger partial charge < -0.3 is 24.7 Å². The molecule has 1 saturated carbocycles. The Hall–Kier alpha value is -2.38. The number of likely N-dealkylation sites (tertiary alicyclic amines) is 2. The van der Waals surface area contributed by atoms with Crippen LogP contribution in [0.4, 0.5) is 26.3 Å². The molecule has 2 aliphatic heterocycles. The minimum absolute atomic E-state index is 0.481. The number of aliphatic carboxylic acids is 2. The zero-order chi connectivity index (χ0) is 28.6. The van der Waals surface area contributed by atoms with Crippen LogP contribution >= 0.6 is 0 Å². The molecule has 2 heterocycles. The van der Waals surface area contributed by atoms with Crippen molar-refractivity contribution < 1.29 is 50.9 Å². The van der Waals surface area contributed by atoms with E-state index in [0.29, 0.717) is 5.41 Å². The van der Waals surface area contributed by atoms with Gasteiger partial charge in [-0.15, -0.1) is 0 Å². The highest BCUT2D eigenvalue weighted by molar-refractivity contribution is 5.73. The number of carbonyl (C=O) groups is 2. The number of carboxylic acid groups (broad SMARTS) is 2. The van der Waals surface area contributed by atoms with Gasteiger partial charge in [-0.25, -0.2) is 9.59 Å². The highest BCUT2D eigenvalue weighted by Gasteiger charge is 2.49. The summed E-state index contributed by atoms with van der Waals surface area (Å²) in [6.45, 7) is 8.19. The SMILES string of the molecule is CN1C[C@@H](COCC2CC2)[C@]2(CCN(CCc3ccccc3)C2)C1.O=C(O)C(F)(F)F.O=C(O)C(F)(F)F. The van der Waals surface area contributed by atoms with Crippen LogP contribution in [0.1, 0.15) is 24.8 Å². The van der Waals surface area contributed by atoms with Gasteiger partial charge in [0.2, 0.25) is 0 Å². The van der Waals surface area contributed by atoms with Gasteiger partial charge in [0.25, 0.3) is 0 Å². The number of nitrogens with zero attached hydrogens (tertiary/aromatic N) is 2.